The van der Waals surface area contributed by atoms with Crippen LogP contribution in [0.4, 0.5) is 0 Å². The van der Waals surface area contributed by atoms with Gasteiger partial charge in [0.25, 0.3) is 0 Å². The number of hydrogen-bond acceptors (Lipinski definition) is 3. The van der Waals surface area contributed by atoms with Crippen LogP contribution in [-0.4, -0.2) is 27.0 Å². The highest BCUT2D eigenvalue weighted by atomic mass is 32.2. The van der Waals surface area contributed by atoms with Crippen molar-refractivity contribution in [3.63, 3.8) is 0 Å². The molecule has 0 fully saturated rings. The first-order valence-corrected chi connectivity index (χ1v) is 8.92. The van der Waals surface area contributed by atoms with E-state index in [1.807, 2.05) is 58.9 Å². The Balaban J connectivity index is 2.78. The maximum absolute atomic E-state index is 12.5. The van der Waals surface area contributed by atoms with Crippen LogP contribution in [-0.2, 0) is 21.3 Å². The van der Waals surface area contributed by atoms with Crippen LogP contribution in [0.3, 0.4) is 0 Å². The number of ether oxygens (including phenoxy) is 1. The minimum Gasteiger partial charge on any atom is -0.491 e. The summed E-state index contributed by atoms with van der Waals surface area (Å²) in [5.74, 6) is 0.851. The Morgan fingerprint density at radius 1 is 1.23 bits per heavy atom. The Hall–Kier alpha value is -1.36. The maximum Gasteiger partial charge on any atom is 0.235 e. The summed E-state index contributed by atoms with van der Waals surface area (Å²) in [4.78, 5) is 12.1. The van der Waals surface area contributed by atoms with Gasteiger partial charge in [0.15, 0.2) is 0 Å². The van der Waals surface area contributed by atoms with Gasteiger partial charge in [-0.25, -0.2) is 0 Å². The molecule has 0 heterocycles. The van der Waals surface area contributed by atoms with Gasteiger partial charge in [-0.2, -0.15) is 0 Å². The molecule has 0 aromatic heterocycles. The van der Waals surface area contributed by atoms with Gasteiger partial charge >= 0.3 is 0 Å². The molecular formula is C17H27NO3S. The number of carbonyl (C=O) groups is 1. The monoisotopic (exact) mass is 325 g/mol. The Bertz CT molecular complexity index is 535. The molecule has 0 aliphatic heterocycles. The summed E-state index contributed by atoms with van der Waals surface area (Å²) >= 11 is 0. The Morgan fingerprint density at radius 3 is 2.36 bits per heavy atom. The van der Waals surface area contributed by atoms with Crippen molar-refractivity contribution in [2.24, 2.45) is 0 Å². The summed E-state index contributed by atoms with van der Waals surface area (Å²) in [7, 11) is -1.30. The Labute approximate surface area is 136 Å². The number of nitrogens with one attached hydrogen (secondary N) is 1. The zero-order chi connectivity index (χ0) is 16.9. The molecule has 1 amide bonds. The summed E-state index contributed by atoms with van der Waals surface area (Å²) in [6.45, 7) is 11.3. The third-order valence-corrected chi connectivity index (χ3v) is 4.49. The first-order valence-electron chi connectivity index (χ1n) is 7.54. The third kappa shape index (κ3) is 6.18. The molecule has 0 aliphatic carbocycles. The van der Waals surface area contributed by atoms with E-state index in [-0.39, 0.29) is 17.6 Å². The van der Waals surface area contributed by atoms with Gasteiger partial charge in [0.05, 0.1) is 11.9 Å². The lowest BCUT2D eigenvalue weighted by molar-refractivity contribution is -0.121. The molecule has 2 unspecified atom stereocenters. The van der Waals surface area contributed by atoms with Crippen LogP contribution in [0.5, 0.6) is 5.75 Å². The predicted octanol–water partition coefficient (Wildman–Crippen LogP) is 3.03. The molecule has 0 spiro atoms. The fourth-order valence-corrected chi connectivity index (χ4v) is 2.95. The molecule has 1 aromatic rings. The van der Waals surface area contributed by atoms with E-state index < -0.39 is 16.0 Å². The highest BCUT2D eigenvalue weighted by Crippen LogP contribution is 2.22. The second-order valence-corrected chi connectivity index (χ2v) is 8.44. The van der Waals surface area contributed by atoms with Crippen molar-refractivity contribution in [3.8, 4) is 5.75 Å². The lowest BCUT2D eigenvalue weighted by Gasteiger charge is -2.23. The topological polar surface area (TPSA) is 55.4 Å². The molecule has 0 saturated heterocycles. The smallest absolute Gasteiger partial charge is 0.235 e. The summed E-state index contributed by atoms with van der Waals surface area (Å²) < 4.78 is 18.2. The first-order chi connectivity index (χ1) is 10.1. The fraction of sp³-hybridized carbons (Fsp3) is 0.588. The minimum absolute atomic E-state index is 0.0520. The largest absolute Gasteiger partial charge is 0.491 e. The van der Waals surface area contributed by atoms with Gasteiger partial charge in [0, 0.05) is 21.9 Å². The normalized spacial score (nSPS) is 14.5. The van der Waals surface area contributed by atoms with Crippen molar-refractivity contribution in [2.45, 2.75) is 64.2 Å². The van der Waals surface area contributed by atoms with Gasteiger partial charge < -0.3 is 10.1 Å². The number of rotatable bonds is 6. The molecule has 1 N–H and O–H groups in total. The molecule has 0 bridgehead atoms. The van der Waals surface area contributed by atoms with Crippen molar-refractivity contribution in [3.05, 3.63) is 29.8 Å². The standard InChI is InChI=1S/C17H27NO3S/c1-12(2)21-15-10-8-7-9-14(15)11-22(20)13(3)16(19)18-17(4,5)6/h7-10,12-13H,11H2,1-6H3,(H,18,19). The molecule has 5 heteroatoms. The van der Waals surface area contributed by atoms with Crippen molar-refractivity contribution in [1.29, 1.82) is 0 Å². The average molecular weight is 325 g/mol. The van der Waals surface area contributed by atoms with Crippen LogP contribution in [0.15, 0.2) is 24.3 Å². The summed E-state index contributed by atoms with van der Waals surface area (Å²) in [5, 5.41) is 2.31. The zero-order valence-electron chi connectivity index (χ0n) is 14.3. The van der Waals surface area contributed by atoms with E-state index in [1.54, 1.807) is 6.92 Å². The van der Waals surface area contributed by atoms with E-state index in [0.717, 1.165) is 11.3 Å². The molecule has 0 saturated carbocycles. The van der Waals surface area contributed by atoms with E-state index in [2.05, 4.69) is 5.32 Å². The quantitative estimate of drug-likeness (QED) is 0.874. The van der Waals surface area contributed by atoms with Crippen LogP contribution in [0.1, 0.15) is 47.1 Å². The van der Waals surface area contributed by atoms with E-state index in [1.165, 1.54) is 0 Å². The van der Waals surface area contributed by atoms with Crippen LogP contribution in [0.2, 0.25) is 0 Å². The van der Waals surface area contributed by atoms with Gasteiger partial charge in [-0.05, 0) is 47.6 Å². The Morgan fingerprint density at radius 2 is 1.82 bits per heavy atom. The molecule has 4 nitrogen and oxygen atoms in total. The molecule has 1 aromatic carbocycles. The highest BCUT2D eigenvalue weighted by molar-refractivity contribution is 7.85. The molecule has 0 radical (unpaired) electrons. The summed E-state index contributed by atoms with van der Waals surface area (Å²) in [6, 6.07) is 7.54. The van der Waals surface area contributed by atoms with Gasteiger partial charge in [0.2, 0.25) is 5.91 Å². The van der Waals surface area contributed by atoms with Crippen LogP contribution < -0.4 is 10.1 Å². The predicted molar refractivity (Wildman–Crippen MR) is 91.4 cm³/mol. The van der Waals surface area contributed by atoms with Crippen molar-refractivity contribution in [1.82, 2.24) is 5.32 Å². The van der Waals surface area contributed by atoms with E-state index in [4.69, 9.17) is 4.74 Å². The van der Waals surface area contributed by atoms with Crippen LogP contribution in [0, 0.1) is 0 Å². The van der Waals surface area contributed by atoms with Gasteiger partial charge in [-0.3, -0.25) is 9.00 Å². The van der Waals surface area contributed by atoms with Gasteiger partial charge in [-0.1, -0.05) is 18.2 Å². The van der Waals surface area contributed by atoms with Crippen LogP contribution in [0.25, 0.3) is 0 Å². The SMILES string of the molecule is CC(C)Oc1ccccc1CS(=O)C(C)C(=O)NC(C)(C)C. The summed E-state index contributed by atoms with van der Waals surface area (Å²) in [6.07, 6.45) is 0.0520. The number of para-hydroxylation sites is 1. The van der Waals surface area contributed by atoms with Crippen molar-refractivity contribution < 1.29 is 13.7 Å². The molecular weight excluding hydrogens is 298 g/mol. The number of amides is 1. The van der Waals surface area contributed by atoms with Crippen molar-refractivity contribution >= 4 is 16.7 Å². The maximum atomic E-state index is 12.5. The molecule has 22 heavy (non-hydrogen) atoms. The Kier molecular flexibility index (Phi) is 6.60. The zero-order valence-corrected chi connectivity index (χ0v) is 15.1. The van der Waals surface area contributed by atoms with Crippen molar-refractivity contribution in [2.75, 3.05) is 0 Å². The van der Waals surface area contributed by atoms with Gasteiger partial charge in [0.1, 0.15) is 11.0 Å². The van der Waals surface area contributed by atoms with E-state index in [0.29, 0.717) is 5.75 Å². The number of carbonyl (C=O) groups excluding carboxylic acids is 1. The lowest BCUT2D eigenvalue weighted by atomic mass is 10.1. The fourth-order valence-electron chi connectivity index (χ4n) is 1.86. The number of benzene rings is 1. The van der Waals surface area contributed by atoms with Crippen LogP contribution >= 0.6 is 0 Å². The van der Waals surface area contributed by atoms with E-state index >= 15 is 0 Å². The third-order valence-electron chi connectivity index (χ3n) is 2.89. The van der Waals surface area contributed by atoms with Gasteiger partial charge in [-0.15, -0.1) is 0 Å². The lowest BCUT2D eigenvalue weighted by Crippen LogP contribution is -2.46. The second kappa shape index (κ2) is 7.77. The molecule has 0 aliphatic rings. The number of hydrogen-bond donors (Lipinski definition) is 1. The molecule has 124 valence electrons. The first kappa shape index (κ1) is 18.7. The highest BCUT2D eigenvalue weighted by Gasteiger charge is 2.24. The minimum atomic E-state index is -1.30. The second-order valence-electron chi connectivity index (χ2n) is 6.68. The summed E-state index contributed by atoms with van der Waals surface area (Å²) in [5.41, 5.74) is 0.540. The average Bonchev–Trinajstić information content (AvgIpc) is 2.37. The molecule has 2 atom stereocenters. The molecule has 1 rings (SSSR count). The van der Waals surface area contributed by atoms with E-state index in [9.17, 15) is 9.00 Å².